The molecule has 0 aromatic rings. The number of esters is 4. The highest BCUT2D eigenvalue weighted by Gasteiger charge is 3.10. The van der Waals surface area contributed by atoms with Gasteiger partial charge in [-0.3, -0.25) is 19.2 Å². The molecule has 2 heterocycles. The van der Waals surface area contributed by atoms with Crippen molar-refractivity contribution in [3.05, 3.63) is 0 Å². The highest BCUT2D eigenvalue weighted by molar-refractivity contribution is 6.08. The third-order valence-corrected chi connectivity index (χ3v) is 11.3. The Hall–Kier alpha value is -2.12. The third-order valence-electron chi connectivity index (χ3n) is 11.3. The molecule has 7 aliphatic rings. The molecule has 32 heavy (non-hydrogen) atoms. The van der Waals surface area contributed by atoms with Crippen molar-refractivity contribution in [3.8, 4) is 0 Å². The summed E-state index contributed by atoms with van der Waals surface area (Å²) in [6, 6.07) is 0. The molecule has 7 fully saturated rings. The Morgan fingerprint density at radius 3 is 1.09 bits per heavy atom. The molecule has 0 N–H and O–H groups in total. The van der Waals surface area contributed by atoms with Crippen LogP contribution in [0, 0.1) is 44.3 Å². The highest BCUT2D eigenvalue weighted by Crippen LogP contribution is 3.09. The van der Waals surface area contributed by atoms with E-state index in [2.05, 4.69) is 0 Å². The van der Waals surface area contributed by atoms with Gasteiger partial charge in [-0.15, -0.1) is 0 Å². The molecule has 0 aromatic heterocycles. The molecule has 2 unspecified atom stereocenters. The van der Waals surface area contributed by atoms with Crippen LogP contribution >= 0.6 is 0 Å². The zero-order valence-electron chi connectivity index (χ0n) is 19.2. The van der Waals surface area contributed by atoms with Crippen LogP contribution in [0.4, 0.5) is 0 Å². The largest absolute Gasteiger partial charge is 0.422 e. The summed E-state index contributed by atoms with van der Waals surface area (Å²) in [7, 11) is 0. The lowest BCUT2D eigenvalue weighted by Crippen LogP contribution is -2.79. The topological polar surface area (TPSA) is 105 Å². The Morgan fingerprint density at radius 2 is 0.812 bits per heavy atom. The molecule has 4 spiro atoms. The Kier molecular flexibility index (Phi) is 2.63. The van der Waals surface area contributed by atoms with Gasteiger partial charge in [-0.2, -0.15) is 0 Å². The summed E-state index contributed by atoms with van der Waals surface area (Å²) in [6.45, 7) is 10.3. The van der Waals surface area contributed by atoms with Gasteiger partial charge in [0.1, 0.15) is 0 Å². The predicted octanol–water partition coefficient (Wildman–Crippen LogP) is 2.48. The van der Waals surface area contributed by atoms with Crippen LogP contribution in [0.5, 0.6) is 0 Å². The van der Waals surface area contributed by atoms with Crippen molar-refractivity contribution in [2.24, 2.45) is 44.3 Å². The molecule has 0 bridgehead atoms. The molecule has 7 rings (SSSR count). The fraction of sp³-hybridized carbons (Fsp3) is 0.833. The van der Waals surface area contributed by atoms with Gasteiger partial charge in [-0.25, -0.2) is 0 Å². The lowest BCUT2D eigenvalue weighted by atomic mass is 9.27. The lowest BCUT2D eigenvalue weighted by molar-refractivity contribution is -0.325. The van der Waals surface area contributed by atoms with Crippen LogP contribution < -0.4 is 0 Å². The van der Waals surface area contributed by atoms with E-state index in [1.165, 1.54) is 0 Å². The van der Waals surface area contributed by atoms with Crippen LogP contribution in [0.3, 0.4) is 0 Å². The Balaban J connectivity index is 1.42. The average Bonchev–Trinajstić information content (AvgIpc) is 3.52. The van der Waals surface area contributed by atoms with Gasteiger partial charge in [-0.05, 0) is 48.3 Å². The Morgan fingerprint density at radius 1 is 0.531 bits per heavy atom. The minimum absolute atomic E-state index is 0.0381. The molecular weight excluding hydrogens is 416 g/mol. The first kappa shape index (κ1) is 19.4. The average molecular weight is 444 g/mol. The van der Waals surface area contributed by atoms with E-state index in [-0.39, 0.29) is 11.8 Å². The van der Waals surface area contributed by atoms with E-state index in [1.807, 2.05) is 13.8 Å². The van der Waals surface area contributed by atoms with Gasteiger partial charge in [0.2, 0.25) is 0 Å². The van der Waals surface area contributed by atoms with Crippen molar-refractivity contribution >= 4 is 23.9 Å². The van der Waals surface area contributed by atoms with Gasteiger partial charge in [0, 0.05) is 38.5 Å². The molecule has 8 nitrogen and oxygen atoms in total. The molecule has 2 atom stereocenters. The number of ether oxygens (including phenoxy) is 4. The summed E-state index contributed by atoms with van der Waals surface area (Å²) in [4.78, 5) is 54.1. The van der Waals surface area contributed by atoms with Crippen molar-refractivity contribution in [1.29, 1.82) is 0 Å². The summed E-state index contributed by atoms with van der Waals surface area (Å²) >= 11 is 0. The van der Waals surface area contributed by atoms with E-state index in [4.69, 9.17) is 18.9 Å². The monoisotopic (exact) mass is 444 g/mol. The van der Waals surface area contributed by atoms with Crippen molar-refractivity contribution in [1.82, 2.24) is 0 Å². The molecule has 0 radical (unpaired) electrons. The van der Waals surface area contributed by atoms with E-state index in [9.17, 15) is 19.2 Å². The number of hydrogen-bond acceptors (Lipinski definition) is 8. The molecule has 2 aliphatic heterocycles. The summed E-state index contributed by atoms with van der Waals surface area (Å²) in [5.74, 6) is -4.62. The molecule has 0 amide bonds. The molecule has 2 saturated heterocycles. The Bertz CT molecular complexity index is 961. The number of carbonyl (C=O) groups is 4. The van der Waals surface area contributed by atoms with Crippen LogP contribution in [0.15, 0.2) is 0 Å². The SMILES string of the molecule is CC1(C)OC(=O)C2(CC3CC34C2(C)C23CC2CC2(C(=O)OC(C)(C)OC2=O)C43C)C(=O)O1. The zero-order valence-corrected chi connectivity index (χ0v) is 19.2. The van der Waals surface area contributed by atoms with Gasteiger partial charge >= 0.3 is 23.9 Å². The van der Waals surface area contributed by atoms with E-state index in [0.717, 1.165) is 12.8 Å². The van der Waals surface area contributed by atoms with E-state index < -0.39 is 67.9 Å². The fourth-order valence-corrected chi connectivity index (χ4v) is 10.6. The number of carbonyl (C=O) groups excluding carboxylic acids is 4. The Labute approximate surface area is 185 Å². The van der Waals surface area contributed by atoms with Crippen molar-refractivity contribution < 1.29 is 38.1 Å². The summed E-state index contributed by atoms with van der Waals surface area (Å²) in [6.07, 6.45) is 2.22. The number of fused-ring (bicyclic) bond motifs is 2. The summed E-state index contributed by atoms with van der Waals surface area (Å²) < 4.78 is 22.6. The summed E-state index contributed by atoms with van der Waals surface area (Å²) in [5, 5.41) is 0. The number of cyclic esters (lactones) is 4. The number of hydrogen-bond donors (Lipinski definition) is 0. The second kappa shape index (κ2) is 4.34. The number of rotatable bonds is 0. The first-order chi connectivity index (χ1) is 14.6. The lowest BCUT2D eigenvalue weighted by Gasteiger charge is -2.74. The van der Waals surface area contributed by atoms with Gasteiger partial charge in [0.05, 0.1) is 0 Å². The molecule has 0 aromatic carbocycles. The van der Waals surface area contributed by atoms with Crippen LogP contribution in [-0.2, 0) is 38.1 Å². The van der Waals surface area contributed by atoms with Gasteiger partial charge in [0.15, 0.2) is 10.8 Å². The van der Waals surface area contributed by atoms with Gasteiger partial charge in [-0.1, -0.05) is 13.8 Å². The zero-order chi connectivity index (χ0) is 23.1. The molecule has 8 heteroatoms. The standard InChI is InChI=1S/C24H28O8/c1-17(2)29-13(25)21(14(26)30-17)7-11-9-23(11)19(21,5)24-10-12(24)8-22(20(23,24)6)15(27)31-18(3,4)32-16(22)28/h11-12H,7-10H2,1-6H3. The molecular formula is C24H28O8. The quantitative estimate of drug-likeness (QED) is 0.415. The smallest absolute Gasteiger partial charge is 0.327 e. The molecule has 5 saturated carbocycles. The predicted molar refractivity (Wildman–Crippen MR) is 104 cm³/mol. The normalized spacial score (nSPS) is 53.1. The maximum Gasteiger partial charge on any atom is 0.327 e. The third kappa shape index (κ3) is 1.31. The van der Waals surface area contributed by atoms with E-state index in [1.54, 1.807) is 27.7 Å². The second-order valence-corrected chi connectivity index (χ2v) is 12.6. The maximum atomic E-state index is 13.5. The van der Waals surface area contributed by atoms with Crippen molar-refractivity contribution in [2.45, 2.75) is 78.8 Å². The minimum Gasteiger partial charge on any atom is -0.422 e. The van der Waals surface area contributed by atoms with Crippen molar-refractivity contribution in [3.63, 3.8) is 0 Å². The van der Waals surface area contributed by atoms with Crippen LogP contribution in [0.25, 0.3) is 0 Å². The minimum atomic E-state index is -1.40. The maximum absolute atomic E-state index is 13.5. The van der Waals surface area contributed by atoms with E-state index >= 15 is 0 Å². The van der Waals surface area contributed by atoms with E-state index in [0.29, 0.717) is 12.8 Å². The van der Waals surface area contributed by atoms with Crippen LogP contribution in [0.1, 0.15) is 67.2 Å². The summed E-state index contributed by atoms with van der Waals surface area (Å²) in [5.41, 5.74) is -5.29. The molecule has 5 aliphatic carbocycles. The van der Waals surface area contributed by atoms with Gasteiger partial charge < -0.3 is 18.9 Å². The van der Waals surface area contributed by atoms with Crippen LogP contribution in [-0.4, -0.2) is 35.5 Å². The fourth-order valence-electron chi connectivity index (χ4n) is 10.6. The first-order valence-electron chi connectivity index (χ1n) is 11.6. The highest BCUT2D eigenvalue weighted by atomic mass is 16.8. The second-order valence-electron chi connectivity index (χ2n) is 12.6. The van der Waals surface area contributed by atoms with Crippen molar-refractivity contribution in [2.75, 3.05) is 0 Å². The molecule has 172 valence electrons. The van der Waals surface area contributed by atoms with Crippen LogP contribution in [0.2, 0.25) is 0 Å². The van der Waals surface area contributed by atoms with Gasteiger partial charge in [0.25, 0.3) is 11.6 Å². The first-order valence-corrected chi connectivity index (χ1v) is 11.6.